The summed E-state index contributed by atoms with van der Waals surface area (Å²) in [6.45, 7) is 28.5. The van der Waals surface area contributed by atoms with E-state index in [-0.39, 0.29) is 69.4 Å². The Morgan fingerprint density at radius 2 is 0.414 bits per heavy atom. The number of hydrogen-bond donors (Lipinski definition) is 6. The zero-order valence-corrected chi connectivity index (χ0v) is 59.9. The largest absolute Gasteiger partial charge is 0.507 e. The Morgan fingerprint density at radius 3 is 0.586 bits per heavy atom. The normalized spacial score (nSPS) is 11.2. The topological polar surface area (TPSA) is 282 Å². The van der Waals surface area contributed by atoms with Crippen molar-refractivity contribution in [1.82, 2.24) is 29.9 Å². The van der Waals surface area contributed by atoms with Gasteiger partial charge in [0.25, 0.3) is 0 Å². The molecule has 21 heteroatoms. The van der Waals surface area contributed by atoms with Crippen LogP contribution in [0.4, 0.5) is 0 Å². The molecule has 6 N–H and O–H groups in total. The van der Waals surface area contributed by atoms with Gasteiger partial charge in [0.15, 0.2) is 34.9 Å². The van der Waals surface area contributed by atoms with E-state index in [1.54, 1.807) is 96.1 Å². The highest BCUT2D eigenvalue weighted by molar-refractivity contribution is 5.79. The highest BCUT2D eigenvalue weighted by Crippen LogP contribution is 2.45. The molecule has 534 valence electrons. The number of phenols is 6. The number of unbranched alkanes of at least 4 members (excludes halogenated alkanes) is 9. The van der Waals surface area contributed by atoms with Crippen LogP contribution < -0.4 is 28.4 Å². The molecule has 0 aliphatic carbocycles. The van der Waals surface area contributed by atoms with Crippen LogP contribution in [0.3, 0.4) is 0 Å². The summed E-state index contributed by atoms with van der Waals surface area (Å²) in [4.78, 5) is 28.3. The molecule has 0 amide bonds. The van der Waals surface area contributed by atoms with Crippen molar-refractivity contribution >= 4 is 0 Å². The molecule has 0 spiro atoms. The first kappa shape index (κ1) is 77.2. The van der Waals surface area contributed by atoms with Gasteiger partial charge < -0.3 is 73.3 Å². The number of hydrogen-bond acceptors (Lipinski definition) is 21. The second-order valence-electron chi connectivity index (χ2n) is 24.0. The third kappa shape index (κ3) is 20.7. The maximum absolute atomic E-state index is 11.4. The molecule has 6 aromatic carbocycles. The van der Waals surface area contributed by atoms with E-state index in [0.717, 1.165) is 77.0 Å². The first-order valence-corrected chi connectivity index (χ1v) is 34.9. The van der Waals surface area contributed by atoms with Crippen LogP contribution in [0, 0.1) is 41.5 Å². The van der Waals surface area contributed by atoms with Crippen LogP contribution in [0.15, 0.2) is 72.8 Å². The maximum Gasteiger partial charge on any atom is 0.167 e. The van der Waals surface area contributed by atoms with Gasteiger partial charge in [-0.3, -0.25) is 0 Å². The molecule has 21 nitrogen and oxygen atoms in total. The number of ether oxygens (including phenoxy) is 9. The lowest BCUT2D eigenvalue weighted by Crippen LogP contribution is -2.08. The highest BCUT2D eigenvalue weighted by atomic mass is 16.5. The quantitative estimate of drug-likeness (QED) is 0.0195. The van der Waals surface area contributed by atoms with Gasteiger partial charge >= 0.3 is 0 Å². The molecule has 0 unspecified atom stereocenters. The second-order valence-corrected chi connectivity index (χ2v) is 24.0. The molecule has 2 heterocycles. The number of aromatic nitrogens is 6. The van der Waals surface area contributed by atoms with Gasteiger partial charge in [-0.05, 0) is 154 Å². The van der Waals surface area contributed by atoms with E-state index in [4.69, 9.17) is 57.6 Å². The Kier molecular flexibility index (Phi) is 30.7. The molecule has 0 radical (unpaired) electrons. The van der Waals surface area contributed by atoms with Crippen molar-refractivity contribution in [3.05, 3.63) is 106 Å². The molecule has 99 heavy (non-hydrogen) atoms. The minimum absolute atomic E-state index is 0.0106. The molecule has 0 bridgehead atoms. The number of aromatic hydroxyl groups is 6. The molecule has 0 atom stereocenters. The van der Waals surface area contributed by atoms with Crippen LogP contribution in [-0.4, -0.2) is 140 Å². The standard InChI is InChI=1S/C42H57N3O6.C36H45N3O9/c1-7-10-13-16-25-49-34-22-19-31(37(46)28(34)4)40-43-41(32-20-23-35(29(5)38(32)47)50-26-17-14-11-8-2)45-42(44-40)33-21-24-36(30(6)39(33)48)51-27-18-15-12-9-3;1-7-43-16-19-46-28-13-10-25(31(40)22(28)4)34-37-35(26-11-14-29(23(5)32(26)41)47-20-17-44-8-2)39-36(38-34)27-12-15-30(24(6)33(27)42)48-21-18-45-9-3/h19-24,46-48H,7-18,25-27H2,1-6H3;10-15,40-42H,7-9,16-21H2,1-6H3. The summed E-state index contributed by atoms with van der Waals surface area (Å²) in [6.07, 6.45) is 13.0. The third-order valence-electron chi connectivity index (χ3n) is 16.8. The summed E-state index contributed by atoms with van der Waals surface area (Å²) >= 11 is 0. The minimum Gasteiger partial charge on any atom is -0.507 e. The molecule has 0 saturated carbocycles. The molecule has 0 saturated heterocycles. The zero-order valence-electron chi connectivity index (χ0n) is 59.9. The number of nitrogens with zero attached hydrogens (tertiary/aromatic N) is 6. The molecular formula is C78H102N6O15. The van der Waals surface area contributed by atoms with Gasteiger partial charge in [-0.15, -0.1) is 0 Å². The number of phenolic OH excluding ortho intramolecular Hbond substituents is 6. The van der Waals surface area contributed by atoms with E-state index >= 15 is 0 Å². The van der Waals surface area contributed by atoms with Crippen molar-refractivity contribution < 1.29 is 73.3 Å². The summed E-state index contributed by atoms with van der Waals surface area (Å²) < 4.78 is 51.6. The van der Waals surface area contributed by atoms with Gasteiger partial charge in [-0.25, -0.2) is 29.9 Å². The number of benzene rings is 6. The second kappa shape index (κ2) is 39.4. The molecule has 0 fully saturated rings. The first-order chi connectivity index (χ1) is 47.9. The maximum atomic E-state index is 11.4. The Hall–Kier alpha value is -9.18. The van der Waals surface area contributed by atoms with Gasteiger partial charge in [-0.1, -0.05) is 78.6 Å². The van der Waals surface area contributed by atoms with Crippen LogP contribution in [0.2, 0.25) is 0 Å². The highest BCUT2D eigenvalue weighted by Gasteiger charge is 2.26. The summed E-state index contributed by atoms with van der Waals surface area (Å²) in [7, 11) is 0. The minimum atomic E-state index is -0.0797. The van der Waals surface area contributed by atoms with Crippen molar-refractivity contribution in [3.63, 3.8) is 0 Å². The van der Waals surface area contributed by atoms with E-state index < -0.39 is 0 Å². The van der Waals surface area contributed by atoms with E-state index in [9.17, 15) is 30.6 Å². The fourth-order valence-electron chi connectivity index (χ4n) is 10.8. The summed E-state index contributed by atoms with van der Waals surface area (Å²) in [5.74, 6) is 3.93. The van der Waals surface area contributed by atoms with Crippen LogP contribution in [0.1, 0.15) is 152 Å². The van der Waals surface area contributed by atoms with E-state index in [2.05, 4.69) is 35.7 Å². The fraction of sp³-hybridized carbons (Fsp3) is 0.462. The summed E-state index contributed by atoms with van der Waals surface area (Å²) in [6, 6.07) is 20.8. The average Bonchev–Trinajstić information content (AvgIpc) is 0.776. The predicted molar refractivity (Wildman–Crippen MR) is 386 cm³/mol. The van der Waals surface area contributed by atoms with Crippen LogP contribution in [0.5, 0.6) is 69.0 Å². The third-order valence-corrected chi connectivity index (χ3v) is 16.8. The van der Waals surface area contributed by atoms with Crippen LogP contribution in [0.25, 0.3) is 68.3 Å². The summed E-state index contributed by atoms with van der Waals surface area (Å²) in [5.41, 5.74) is 5.27. The molecular weight excluding hydrogens is 1260 g/mol. The van der Waals surface area contributed by atoms with Gasteiger partial charge in [0.2, 0.25) is 0 Å². The van der Waals surface area contributed by atoms with Gasteiger partial charge in [0.05, 0.1) is 73.0 Å². The predicted octanol–water partition coefficient (Wildman–Crippen LogP) is 17.0. The van der Waals surface area contributed by atoms with E-state index in [0.29, 0.717) is 181 Å². The molecule has 8 aromatic rings. The lowest BCUT2D eigenvalue weighted by molar-refractivity contribution is 0.110. The van der Waals surface area contributed by atoms with Crippen molar-refractivity contribution in [1.29, 1.82) is 0 Å². The van der Waals surface area contributed by atoms with Crippen molar-refractivity contribution in [2.24, 2.45) is 0 Å². The smallest absolute Gasteiger partial charge is 0.167 e. The first-order valence-electron chi connectivity index (χ1n) is 34.9. The molecule has 8 rings (SSSR count). The molecule has 0 aliphatic heterocycles. The molecule has 2 aromatic heterocycles. The summed E-state index contributed by atoms with van der Waals surface area (Å²) in [5, 5.41) is 68.2. The Bertz CT molecular complexity index is 3490. The Balaban J connectivity index is 0.000000279. The van der Waals surface area contributed by atoms with E-state index in [1.165, 1.54) is 0 Å². The SMILES string of the molecule is CCCCCCOc1ccc(-c2nc(-c3ccc(OCCCCCC)c(C)c3O)nc(-c3ccc(OCCCCCC)c(C)c3O)n2)c(O)c1C.CCOCCOc1ccc(-c2nc(-c3ccc(OCCOCC)c(C)c3O)nc(-c3ccc(OCCOCC)c(C)c3O)n2)c(O)c1C. The van der Waals surface area contributed by atoms with Crippen LogP contribution >= 0.6 is 0 Å². The monoisotopic (exact) mass is 1360 g/mol. The zero-order chi connectivity index (χ0) is 71.4. The average molecular weight is 1360 g/mol. The Labute approximate surface area is 583 Å². The van der Waals surface area contributed by atoms with Gasteiger partial charge in [-0.2, -0.15) is 0 Å². The van der Waals surface area contributed by atoms with Crippen molar-refractivity contribution in [3.8, 4) is 137 Å². The lowest BCUT2D eigenvalue weighted by Gasteiger charge is -2.16. The van der Waals surface area contributed by atoms with E-state index in [1.807, 2.05) is 39.0 Å². The number of rotatable bonds is 39. The van der Waals surface area contributed by atoms with Crippen LogP contribution in [-0.2, 0) is 14.2 Å². The van der Waals surface area contributed by atoms with Gasteiger partial charge in [0, 0.05) is 53.2 Å². The lowest BCUT2D eigenvalue weighted by atomic mass is 10.0. The molecule has 0 aliphatic rings. The van der Waals surface area contributed by atoms with Crippen molar-refractivity contribution in [2.75, 3.05) is 79.3 Å². The van der Waals surface area contributed by atoms with Gasteiger partial charge in [0.1, 0.15) is 88.8 Å². The van der Waals surface area contributed by atoms with Crippen molar-refractivity contribution in [2.45, 2.75) is 160 Å². The fourth-order valence-corrected chi connectivity index (χ4v) is 10.8. The Morgan fingerprint density at radius 1 is 0.232 bits per heavy atom.